The molecule has 0 saturated heterocycles. The van der Waals surface area contributed by atoms with Crippen LogP contribution in [0.25, 0.3) is 0 Å². The average molecular weight is 312 g/mol. The molecule has 1 aliphatic carbocycles. The molecular weight excluding hydrogens is 298 g/mol. The summed E-state index contributed by atoms with van der Waals surface area (Å²) in [6.45, 7) is 2.09. The Morgan fingerprint density at radius 2 is 1.55 bits per heavy atom. The van der Waals surface area contributed by atoms with Crippen LogP contribution in [0, 0.1) is 5.92 Å². The van der Waals surface area contributed by atoms with Crippen molar-refractivity contribution in [3.8, 4) is 0 Å². The van der Waals surface area contributed by atoms with Gasteiger partial charge in [-0.05, 0) is 18.6 Å². The van der Waals surface area contributed by atoms with E-state index in [2.05, 4.69) is 4.99 Å². The maximum absolute atomic E-state index is 12.4. The van der Waals surface area contributed by atoms with Gasteiger partial charge >= 0.3 is 0 Å². The van der Waals surface area contributed by atoms with E-state index in [-0.39, 0.29) is 11.6 Å². The van der Waals surface area contributed by atoms with Gasteiger partial charge in [-0.3, -0.25) is 14.6 Å². The topological polar surface area (TPSA) is 46.5 Å². The van der Waals surface area contributed by atoms with Crippen molar-refractivity contribution in [2.45, 2.75) is 13.5 Å². The smallest absolute Gasteiger partial charge is 0.180 e. The van der Waals surface area contributed by atoms with Crippen LogP contribution in [0.15, 0.2) is 53.5 Å². The van der Waals surface area contributed by atoms with E-state index >= 15 is 0 Å². The van der Waals surface area contributed by atoms with Gasteiger partial charge in [0.25, 0.3) is 0 Å². The van der Waals surface area contributed by atoms with Crippen LogP contribution >= 0.6 is 11.6 Å². The lowest BCUT2D eigenvalue weighted by atomic mass is 9.99. The molecule has 0 amide bonds. The van der Waals surface area contributed by atoms with Gasteiger partial charge in [0.15, 0.2) is 11.6 Å². The Morgan fingerprint density at radius 3 is 2.14 bits per heavy atom. The van der Waals surface area contributed by atoms with Gasteiger partial charge in [-0.1, -0.05) is 54.1 Å². The van der Waals surface area contributed by atoms with Crippen molar-refractivity contribution < 1.29 is 9.59 Å². The van der Waals surface area contributed by atoms with Gasteiger partial charge in [0.1, 0.15) is 5.92 Å². The molecule has 0 fully saturated rings. The molecule has 2 aromatic carbocycles. The predicted molar refractivity (Wildman–Crippen MR) is 86.9 cm³/mol. The number of ketones is 2. The first-order chi connectivity index (χ1) is 10.6. The number of rotatable bonds is 3. The fraction of sp³-hybridized carbons (Fsp3) is 0.167. The molecule has 0 radical (unpaired) electrons. The monoisotopic (exact) mass is 311 g/mol. The van der Waals surface area contributed by atoms with Crippen LogP contribution in [0.1, 0.15) is 33.2 Å². The second kappa shape index (κ2) is 5.85. The minimum atomic E-state index is -0.792. The fourth-order valence-corrected chi connectivity index (χ4v) is 2.85. The van der Waals surface area contributed by atoms with Crippen LogP contribution in [0.5, 0.6) is 0 Å². The minimum Gasteiger partial charge on any atom is -0.293 e. The normalized spacial score (nSPS) is 15.3. The SMILES string of the molecule is CC(=NCc1ccccc1Cl)C1C(=O)c2ccccc2C1=O. The molecule has 0 saturated carbocycles. The first-order valence-electron chi connectivity index (χ1n) is 7.01. The standard InChI is InChI=1S/C18H14ClNO2/c1-11(20-10-12-6-2-5-9-15(12)19)16-17(21)13-7-3-4-8-14(13)18(16)22/h2-9,16H,10H2,1H3. The molecule has 0 bridgehead atoms. The number of halogens is 1. The summed E-state index contributed by atoms with van der Waals surface area (Å²) in [5, 5.41) is 0.631. The summed E-state index contributed by atoms with van der Waals surface area (Å²) in [4.78, 5) is 29.2. The van der Waals surface area contributed by atoms with E-state index in [4.69, 9.17) is 11.6 Å². The molecule has 0 aromatic heterocycles. The van der Waals surface area contributed by atoms with Gasteiger partial charge < -0.3 is 0 Å². The fourth-order valence-electron chi connectivity index (χ4n) is 2.65. The zero-order chi connectivity index (χ0) is 15.7. The Balaban J connectivity index is 1.86. The summed E-state index contributed by atoms with van der Waals surface area (Å²) in [6.07, 6.45) is 0. The van der Waals surface area contributed by atoms with E-state index in [1.54, 1.807) is 37.3 Å². The number of benzene rings is 2. The van der Waals surface area contributed by atoms with Crippen molar-refractivity contribution in [3.63, 3.8) is 0 Å². The molecule has 0 aliphatic heterocycles. The van der Waals surface area contributed by atoms with E-state index in [9.17, 15) is 9.59 Å². The number of nitrogens with zero attached hydrogens (tertiary/aromatic N) is 1. The number of hydrogen-bond acceptors (Lipinski definition) is 3. The lowest BCUT2D eigenvalue weighted by molar-refractivity contribution is 0.0883. The Labute approximate surface area is 133 Å². The Morgan fingerprint density at radius 1 is 1.00 bits per heavy atom. The molecule has 0 heterocycles. The summed E-state index contributed by atoms with van der Waals surface area (Å²) < 4.78 is 0. The highest BCUT2D eigenvalue weighted by Crippen LogP contribution is 2.28. The largest absolute Gasteiger partial charge is 0.293 e. The van der Waals surface area contributed by atoms with Crippen molar-refractivity contribution in [3.05, 3.63) is 70.2 Å². The van der Waals surface area contributed by atoms with Crippen molar-refractivity contribution >= 4 is 28.9 Å². The molecule has 0 N–H and O–H groups in total. The van der Waals surface area contributed by atoms with E-state index in [0.29, 0.717) is 28.4 Å². The highest BCUT2D eigenvalue weighted by molar-refractivity contribution is 6.36. The van der Waals surface area contributed by atoms with Crippen LogP contribution in [0.2, 0.25) is 5.02 Å². The third-order valence-corrected chi connectivity index (χ3v) is 4.23. The van der Waals surface area contributed by atoms with Crippen LogP contribution < -0.4 is 0 Å². The summed E-state index contributed by atoms with van der Waals surface area (Å²) in [5.74, 6) is -1.12. The van der Waals surface area contributed by atoms with E-state index in [0.717, 1.165) is 5.56 Å². The molecule has 2 aromatic rings. The zero-order valence-corrected chi connectivity index (χ0v) is 12.8. The number of carbonyl (C=O) groups excluding carboxylic acids is 2. The van der Waals surface area contributed by atoms with Crippen molar-refractivity contribution in [1.29, 1.82) is 0 Å². The summed E-state index contributed by atoms with van der Waals surface area (Å²) in [5.41, 5.74) is 2.39. The zero-order valence-electron chi connectivity index (χ0n) is 12.0. The molecule has 110 valence electrons. The molecular formula is C18H14ClNO2. The molecule has 22 heavy (non-hydrogen) atoms. The second-order valence-corrected chi connectivity index (χ2v) is 5.66. The first kappa shape index (κ1) is 14.7. The van der Waals surface area contributed by atoms with Crippen molar-refractivity contribution in [2.24, 2.45) is 10.9 Å². The van der Waals surface area contributed by atoms with Gasteiger partial charge in [0, 0.05) is 21.9 Å². The van der Waals surface area contributed by atoms with Gasteiger partial charge in [0.05, 0.1) is 6.54 Å². The molecule has 0 spiro atoms. The molecule has 3 nitrogen and oxygen atoms in total. The van der Waals surface area contributed by atoms with Crippen LogP contribution in [0.3, 0.4) is 0 Å². The lowest BCUT2D eigenvalue weighted by Crippen LogP contribution is -2.23. The van der Waals surface area contributed by atoms with Gasteiger partial charge in [-0.25, -0.2) is 0 Å². The Bertz CT molecular complexity index is 760. The van der Waals surface area contributed by atoms with Crippen LogP contribution in [-0.4, -0.2) is 17.3 Å². The van der Waals surface area contributed by atoms with Gasteiger partial charge in [-0.15, -0.1) is 0 Å². The molecule has 4 heteroatoms. The van der Waals surface area contributed by atoms with Crippen molar-refractivity contribution in [2.75, 3.05) is 0 Å². The number of fused-ring (bicyclic) bond motifs is 1. The minimum absolute atomic E-state index is 0.166. The molecule has 1 aliphatic rings. The summed E-state index contributed by atoms with van der Waals surface area (Å²) >= 11 is 6.09. The second-order valence-electron chi connectivity index (χ2n) is 5.26. The Hall–Kier alpha value is -2.26. The average Bonchev–Trinajstić information content (AvgIpc) is 2.78. The maximum atomic E-state index is 12.4. The van der Waals surface area contributed by atoms with Crippen molar-refractivity contribution in [1.82, 2.24) is 0 Å². The first-order valence-corrected chi connectivity index (χ1v) is 7.39. The van der Waals surface area contributed by atoms with E-state index in [1.165, 1.54) is 0 Å². The number of aliphatic imine (C=N–C) groups is 1. The molecule has 3 rings (SSSR count). The predicted octanol–water partition coefficient (Wildman–Crippen LogP) is 4.00. The molecule has 0 unspecified atom stereocenters. The highest BCUT2D eigenvalue weighted by atomic mass is 35.5. The Kier molecular flexibility index (Phi) is 3.90. The summed E-state index contributed by atoms with van der Waals surface area (Å²) in [6, 6.07) is 14.3. The third kappa shape index (κ3) is 2.48. The quantitative estimate of drug-likeness (QED) is 0.635. The van der Waals surface area contributed by atoms with Gasteiger partial charge in [0.2, 0.25) is 0 Å². The number of carbonyl (C=O) groups is 2. The van der Waals surface area contributed by atoms with E-state index in [1.807, 2.05) is 18.2 Å². The van der Waals surface area contributed by atoms with Crippen LogP contribution in [-0.2, 0) is 6.54 Å². The summed E-state index contributed by atoms with van der Waals surface area (Å²) in [7, 11) is 0. The van der Waals surface area contributed by atoms with E-state index < -0.39 is 5.92 Å². The van der Waals surface area contributed by atoms with Gasteiger partial charge in [-0.2, -0.15) is 0 Å². The third-order valence-electron chi connectivity index (χ3n) is 3.86. The highest BCUT2D eigenvalue weighted by Gasteiger charge is 2.39. The number of Topliss-reactive ketones (excluding diaryl/α,β-unsaturated/α-hetero) is 2. The maximum Gasteiger partial charge on any atom is 0.180 e. The lowest BCUT2D eigenvalue weighted by Gasteiger charge is -2.07. The molecule has 0 atom stereocenters. The van der Waals surface area contributed by atoms with Crippen LogP contribution in [0.4, 0.5) is 0 Å². The number of hydrogen-bond donors (Lipinski definition) is 0.